The normalized spacial score (nSPS) is 9.80. The molecule has 10 heavy (non-hydrogen) atoms. The van der Waals surface area contributed by atoms with Gasteiger partial charge in [-0.2, -0.15) is 0 Å². The van der Waals surface area contributed by atoms with Gasteiger partial charge in [0.2, 0.25) is 0 Å². The molecule has 0 N–H and O–H groups in total. The van der Waals surface area contributed by atoms with Gasteiger partial charge in [0.15, 0.2) is 0 Å². The number of hydrogen-bond acceptors (Lipinski definition) is 1. The van der Waals surface area contributed by atoms with Crippen molar-refractivity contribution in [1.29, 1.82) is 0 Å². The number of methoxy groups -OCH3 is 1. The van der Waals surface area contributed by atoms with Crippen molar-refractivity contribution >= 4 is 8.91 Å². The van der Waals surface area contributed by atoms with Crippen LogP contribution in [-0.2, 0) is 0 Å². The minimum atomic E-state index is -0.292. The molecule has 0 saturated carbocycles. The SMILES string of the molecule is COc1ccc([I-]Cl)cc1. The van der Waals surface area contributed by atoms with E-state index in [0.29, 0.717) is 0 Å². The first-order valence-electron chi connectivity index (χ1n) is 2.77. The summed E-state index contributed by atoms with van der Waals surface area (Å²) in [6.07, 6.45) is 0. The van der Waals surface area contributed by atoms with E-state index in [0.717, 1.165) is 5.75 Å². The second kappa shape index (κ2) is 4.03. The van der Waals surface area contributed by atoms with Gasteiger partial charge in [-0.15, -0.1) is 0 Å². The fourth-order valence-corrected chi connectivity index (χ4v) is 1.89. The molecule has 0 aromatic heterocycles. The van der Waals surface area contributed by atoms with E-state index in [1.165, 1.54) is 3.57 Å². The van der Waals surface area contributed by atoms with Crippen molar-refractivity contribution in [1.82, 2.24) is 0 Å². The molecule has 1 aromatic rings. The van der Waals surface area contributed by atoms with Crippen LogP contribution in [0.2, 0.25) is 0 Å². The Balaban J connectivity index is 2.80. The van der Waals surface area contributed by atoms with Gasteiger partial charge in [0.05, 0.1) is 0 Å². The molecular weight excluding hydrogens is 262 g/mol. The first-order chi connectivity index (χ1) is 4.86. The molecule has 0 aliphatic heterocycles. The predicted octanol–water partition coefficient (Wildman–Crippen LogP) is -0.892. The average molecular weight is 269 g/mol. The standard InChI is InChI=1S/C7H7ClIO/c1-10-7-4-2-6(9-8)3-5-7/h2-5H,1H3/q-1. The summed E-state index contributed by atoms with van der Waals surface area (Å²) in [5, 5.41) is 0. The Hall–Kier alpha value is 0.0400. The third-order valence-corrected chi connectivity index (χ3v) is 3.43. The number of hydrogen-bond donors (Lipinski definition) is 0. The van der Waals surface area contributed by atoms with E-state index in [1.807, 2.05) is 24.3 Å². The summed E-state index contributed by atoms with van der Waals surface area (Å²) in [5.74, 6) is 0.887. The third-order valence-electron chi connectivity index (χ3n) is 1.13. The second-order valence-electron chi connectivity index (χ2n) is 1.73. The van der Waals surface area contributed by atoms with E-state index in [9.17, 15) is 0 Å². The summed E-state index contributed by atoms with van der Waals surface area (Å²) in [4.78, 5) is 0. The van der Waals surface area contributed by atoms with Crippen LogP contribution in [0.4, 0.5) is 0 Å². The van der Waals surface area contributed by atoms with Crippen molar-refractivity contribution in [2.75, 3.05) is 7.11 Å². The van der Waals surface area contributed by atoms with Crippen molar-refractivity contribution < 1.29 is 24.8 Å². The van der Waals surface area contributed by atoms with Crippen LogP contribution in [0.1, 0.15) is 0 Å². The molecule has 0 fully saturated rings. The summed E-state index contributed by atoms with van der Waals surface area (Å²) in [6, 6.07) is 7.85. The molecule has 1 nitrogen and oxygen atoms in total. The molecule has 1 aromatic carbocycles. The van der Waals surface area contributed by atoms with Gasteiger partial charge in [0.1, 0.15) is 0 Å². The summed E-state index contributed by atoms with van der Waals surface area (Å²) >= 11 is -0.292. The molecule has 3 heteroatoms. The summed E-state index contributed by atoms with van der Waals surface area (Å²) in [6.45, 7) is 0. The van der Waals surface area contributed by atoms with Crippen LogP contribution in [-0.4, -0.2) is 7.11 Å². The summed E-state index contributed by atoms with van der Waals surface area (Å²) in [5.41, 5.74) is 0. The Morgan fingerprint density at radius 1 is 1.30 bits per heavy atom. The predicted molar refractivity (Wildman–Crippen MR) is 37.5 cm³/mol. The van der Waals surface area contributed by atoms with Gasteiger partial charge >= 0.3 is 74.4 Å². The quantitative estimate of drug-likeness (QED) is 0.633. The van der Waals surface area contributed by atoms with Gasteiger partial charge < -0.3 is 0 Å². The van der Waals surface area contributed by atoms with E-state index in [2.05, 4.69) is 0 Å². The molecular formula is C7H7ClIO-. The topological polar surface area (TPSA) is 9.23 Å². The summed E-state index contributed by atoms with van der Waals surface area (Å²) in [7, 11) is 7.35. The zero-order valence-electron chi connectivity index (χ0n) is 5.47. The van der Waals surface area contributed by atoms with Gasteiger partial charge in [0, 0.05) is 0 Å². The first-order valence-corrected chi connectivity index (χ1v) is 6.58. The molecule has 0 spiro atoms. The fraction of sp³-hybridized carbons (Fsp3) is 0.143. The number of benzene rings is 1. The number of ether oxygens (including phenoxy) is 1. The number of halogens is 2. The molecule has 0 unspecified atom stereocenters. The van der Waals surface area contributed by atoms with E-state index in [-0.39, 0.29) is 20.1 Å². The Morgan fingerprint density at radius 2 is 1.90 bits per heavy atom. The second-order valence-corrected chi connectivity index (χ2v) is 4.34. The average Bonchev–Trinajstić information content (AvgIpc) is 2.05. The van der Waals surface area contributed by atoms with Crippen LogP contribution in [0.5, 0.6) is 5.75 Å². The van der Waals surface area contributed by atoms with Crippen LogP contribution < -0.4 is 24.8 Å². The van der Waals surface area contributed by atoms with E-state index >= 15 is 0 Å². The molecule has 1 rings (SSSR count). The van der Waals surface area contributed by atoms with Crippen molar-refractivity contribution in [3.63, 3.8) is 0 Å². The molecule has 0 amide bonds. The molecule has 0 heterocycles. The van der Waals surface area contributed by atoms with Crippen molar-refractivity contribution in [3.8, 4) is 5.75 Å². The van der Waals surface area contributed by atoms with E-state index in [4.69, 9.17) is 13.6 Å². The van der Waals surface area contributed by atoms with Crippen molar-refractivity contribution in [2.45, 2.75) is 0 Å². The van der Waals surface area contributed by atoms with Crippen LogP contribution in [0.3, 0.4) is 0 Å². The van der Waals surface area contributed by atoms with Gasteiger partial charge in [-0.1, -0.05) is 0 Å². The first kappa shape index (κ1) is 8.14. The van der Waals surface area contributed by atoms with E-state index < -0.39 is 0 Å². The Bertz CT molecular complexity index is 174. The van der Waals surface area contributed by atoms with Crippen LogP contribution in [0.15, 0.2) is 24.3 Å². The Labute approximate surface area is 74.3 Å². The fourth-order valence-electron chi connectivity index (χ4n) is 0.618. The van der Waals surface area contributed by atoms with Gasteiger partial charge in [-0.25, -0.2) is 0 Å². The maximum absolute atomic E-state index is 5.69. The Kier molecular flexibility index (Phi) is 3.28. The minimum absolute atomic E-state index is 0.292. The summed E-state index contributed by atoms with van der Waals surface area (Å²) < 4.78 is 6.21. The zero-order chi connectivity index (χ0) is 7.40. The molecule has 0 radical (unpaired) electrons. The maximum atomic E-state index is 5.69. The van der Waals surface area contributed by atoms with Crippen LogP contribution >= 0.6 is 8.91 Å². The zero-order valence-corrected chi connectivity index (χ0v) is 8.39. The molecule has 0 saturated heterocycles. The van der Waals surface area contributed by atoms with Gasteiger partial charge in [0.25, 0.3) is 0 Å². The molecule has 0 aliphatic carbocycles. The van der Waals surface area contributed by atoms with Crippen LogP contribution in [0, 0.1) is 3.57 Å². The van der Waals surface area contributed by atoms with Gasteiger partial charge in [-0.3, -0.25) is 0 Å². The van der Waals surface area contributed by atoms with Crippen molar-refractivity contribution in [2.24, 2.45) is 0 Å². The number of rotatable bonds is 2. The molecule has 0 aliphatic rings. The molecule has 56 valence electrons. The molecule has 0 bridgehead atoms. The van der Waals surface area contributed by atoms with Crippen LogP contribution in [0.25, 0.3) is 0 Å². The van der Waals surface area contributed by atoms with Crippen molar-refractivity contribution in [3.05, 3.63) is 27.8 Å². The monoisotopic (exact) mass is 269 g/mol. The van der Waals surface area contributed by atoms with Gasteiger partial charge in [-0.05, 0) is 0 Å². The van der Waals surface area contributed by atoms with E-state index in [1.54, 1.807) is 7.11 Å². The third kappa shape index (κ3) is 2.02. The molecule has 0 atom stereocenters. The Morgan fingerprint density at radius 3 is 2.30 bits per heavy atom.